The molecule has 1 aromatic heterocycles. The summed E-state index contributed by atoms with van der Waals surface area (Å²) >= 11 is 1.08. The lowest BCUT2D eigenvalue weighted by atomic mass is 9.98. The van der Waals surface area contributed by atoms with Crippen molar-refractivity contribution in [2.24, 2.45) is 5.73 Å². The molecule has 0 aliphatic heterocycles. The van der Waals surface area contributed by atoms with Gasteiger partial charge < -0.3 is 5.73 Å². The van der Waals surface area contributed by atoms with Gasteiger partial charge in [-0.3, -0.25) is 9.59 Å². The predicted octanol–water partition coefficient (Wildman–Crippen LogP) is 4.78. The molecule has 8 heteroatoms. The Morgan fingerprint density at radius 2 is 1.71 bits per heavy atom. The molecule has 0 saturated heterocycles. The van der Waals surface area contributed by atoms with E-state index in [0.29, 0.717) is 21.6 Å². The highest BCUT2D eigenvalue weighted by molar-refractivity contribution is 7.17. The maximum absolute atomic E-state index is 12.9. The van der Waals surface area contributed by atoms with Crippen molar-refractivity contribution in [2.45, 2.75) is 20.0 Å². The Morgan fingerprint density at radius 3 is 2.29 bits per heavy atom. The van der Waals surface area contributed by atoms with Crippen LogP contribution in [-0.2, 0) is 6.18 Å². The van der Waals surface area contributed by atoms with E-state index in [1.807, 2.05) is 0 Å². The average molecular weight is 404 g/mol. The second-order valence-corrected chi connectivity index (χ2v) is 7.32. The minimum Gasteiger partial charge on any atom is -0.366 e. The number of aromatic nitrogens is 1. The molecule has 1 heterocycles. The first-order valence-electron chi connectivity index (χ1n) is 8.17. The summed E-state index contributed by atoms with van der Waals surface area (Å²) in [4.78, 5) is 28.8. The number of primary amides is 1. The highest BCUT2D eigenvalue weighted by atomic mass is 32.1. The van der Waals surface area contributed by atoms with Crippen LogP contribution in [0.15, 0.2) is 42.6 Å². The fourth-order valence-electron chi connectivity index (χ4n) is 2.97. The summed E-state index contributed by atoms with van der Waals surface area (Å²) in [6, 6.07) is 7.78. The highest BCUT2D eigenvalue weighted by Crippen LogP contribution is 2.32. The molecule has 0 unspecified atom stereocenters. The zero-order valence-corrected chi connectivity index (χ0v) is 15.7. The third kappa shape index (κ3) is 3.82. The Hall–Kier alpha value is -3.00. The number of nitrogens with two attached hydrogens (primary N) is 1. The lowest BCUT2D eigenvalue weighted by Gasteiger charge is -2.08. The third-order valence-corrected chi connectivity index (χ3v) is 5.26. The second-order valence-electron chi connectivity index (χ2n) is 6.29. The summed E-state index contributed by atoms with van der Waals surface area (Å²) in [5, 5.41) is 0.0867. The minimum absolute atomic E-state index is 0.0767. The van der Waals surface area contributed by atoms with Crippen molar-refractivity contribution in [3.05, 3.63) is 75.4 Å². The van der Waals surface area contributed by atoms with E-state index < -0.39 is 23.4 Å². The first kappa shape index (κ1) is 19.8. The Bertz CT molecular complexity index is 1060. The van der Waals surface area contributed by atoms with Crippen molar-refractivity contribution in [1.82, 2.24) is 4.98 Å². The number of halogens is 3. The number of nitrogens with zero attached hydrogens (tertiary/aromatic N) is 1. The van der Waals surface area contributed by atoms with E-state index in [2.05, 4.69) is 4.98 Å². The van der Waals surface area contributed by atoms with Crippen molar-refractivity contribution >= 4 is 23.0 Å². The van der Waals surface area contributed by atoms with Crippen LogP contribution in [0.2, 0.25) is 0 Å². The summed E-state index contributed by atoms with van der Waals surface area (Å²) in [6.45, 7) is 3.51. The Labute approximate surface area is 162 Å². The Balaban J connectivity index is 1.95. The molecule has 0 aliphatic carbocycles. The molecular formula is C20H15F3N2O2S. The Morgan fingerprint density at radius 1 is 1.07 bits per heavy atom. The molecule has 2 N–H and O–H groups in total. The van der Waals surface area contributed by atoms with E-state index in [0.717, 1.165) is 29.0 Å². The van der Waals surface area contributed by atoms with Crippen LogP contribution in [-0.4, -0.2) is 16.7 Å². The summed E-state index contributed by atoms with van der Waals surface area (Å²) in [5.74, 6) is -1.10. The van der Waals surface area contributed by atoms with E-state index >= 15 is 0 Å². The van der Waals surface area contributed by atoms with Gasteiger partial charge in [0.05, 0.1) is 10.4 Å². The summed E-state index contributed by atoms with van der Waals surface area (Å²) in [6.07, 6.45) is -3.04. The number of ketones is 1. The van der Waals surface area contributed by atoms with E-state index in [4.69, 9.17) is 5.73 Å². The van der Waals surface area contributed by atoms with Crippen LogP contribution in [0, 0.1) is 13.8 Å². The molecule has 0 fully saturated rings. The normalized spacial score (nSPS) is 11.5. The molecule has 1 amide bonds. The van der Waals surface area contributed by atoms with Gasteiger partial charge in [-0.25, -0.2) is 4.98 Å². The van der Waals surface area contributed by atoms with Gasteiger partial charge in [-0.1, -0.05) is 12.1 Å². The zero-order chi connectivity index (χ0) is 20.6. The molecule has 3 aromatic rings. The van der Waals surface area contributed by atoms with Crippen molar-refractivity contribution in [2.75, 3.05) is 0 Å². The van der Waals surface area contributed by atoms with Gasteiger partial charge in [0.2, 0.25) is 11.7 Å². The number of thiazole rings is 1. The number of hydrogen-bond acceptors (Lipinski definition) is 4. The van der Waals surface area contributed by atoms with Crippen LogP contribution in [0.4, 0.5) is 13.2 Å². The third-order valence-electron chi connectivity index (χ3n) is 4.22. The smallest absolute Gasteiger partial charge is 0.366 e. The SMILES string of the molecule is Cc1cc(-c2cnc(C(=O)c3cccc(C(F)(F)F)c3)s2)cc(C)c1C(N)=O. The van der Waals surface area contributed by atoms with Gasteiger partial charge in [-0.2, -0.15) is 13.2 Å². The second kappa shape index (κ2) is 7.20. The first-order chi connectivity index (χ1) is 13.1. The Kier molecular flexibility index (Phi) is 5.08. The summed E-state index contributed by atoms with van der Waals surface area (Å²) in [5.41, 5.74) is 7.00. The molecule has 3 rings (SSSR count). The van der Waals surface area contributed by atoms with Gasteiger partial charge >= 0.3 is 6.18 Å². The van der Waals surface area contributed by atoms with E-state index in [-0.39, 0.29) is 10.6 Å². The van der Waals surface area contributed by atoms with Crippen LogP contribution in [0.3, 0.4) is 0 Å². The van der Waals surface area contributed by atoms with Gasteiger partial charge in [0.15, 0.2) is 5.01 Å². The highest BCUT2D eigenvalue weighted by Gasteiger charge is 2.31. The number of alkyl halides is 3. The largest absolute Gasteiger partial charge is 0.416 e. The number of aryl methyl sites for hydroxylation is 2. The van der Waals surface area contributed by atoms with Gasteiger partial charge in [0.25, 0.3) is 0 Å². The number of rotatable bonds is 4. The molecule has 0 atom stereocenters. The molecule has 0 saturated carbocycles. The van der Waals surface area contributed by atoms with E-state index in [1.54, 1.807) is 26.0 Å². The van der Waals surface area contributed by atoms with Crippen LogP contribution in [0.1, 0.15) is 42.4 Å². The van der Waals surface area contributed by atoms with Gasteiger partial charge in [-0.05, 0) is 54.8 Å². The number of carbonyl (C=O) groups is 2. The molecule has 0 bridgehead atoms. The molecular weight excluding hydrogens is 389 g/mol. The van der Waals surface area contributed by atoms with Crippen LogP contribution < -0.4 is 5.73 Å². The monoisotopic (exact) mass is 404 g/mol. The number of benzene rings is 2. The molecule has 2 aromatic carbocycles. The average Bonchev–Trinajstić information content (AvgIpc) is 3.09. The fraction of sp³-hybridized carbons (Fsp3) is 0.150. The van der Waals surface area contributed by atoms with E-state index in [1.165, 1.54) is 18.3 Å². The lowest BCUT2D eigenvalue weighted by molar-refractivity contribution is -0.137. The van der Waals surface area contributed by atoms with Gasteiger partial charge in [0, 0.05) is 17.3 Å². The first-order valence-corrected chi connectivity index (χ1v) is 8.99. The standard InChI is InChI=1S/C20H15F3N2O2S/c1-10-6-13(7-11(2)16(10)18(24)27)15-9-25-19(28-15)17(26)12-4-3-5-14(8-12)20(21,22)23/h3-9H,1-2H3,(H2,24,27). The van der Waals surface area contributed by atoms with Crippen LogP contribution in [0.25, 0.3) is 10.4 Å². The maximum atomic E-state index is 12.9. The van der Waals surface area contributed by atoms with Crippen molar-refractivity contribution in [3.63, 3.8) is 0 Å². The number of amides is 1. The molecule has 28 heavy (non-hydrogen) atoms. The van der Waals surface area contributed by atoms with Gasteiger partial charge in [0.1, 0.15) is 0 Å². The lowest BCUT2D eigenvalue weighted by Crippen LogP contribution is -2.14. The fourth-order valence-corrected chi connectivity index (χ4v) is 3.83. The van der Waals surface area contributed by atoms with Crippen molar-refractivity contribution in [3.8, 4) is 10.4 Å². The molecule has 0 spiro atoms. The maximum Gasteiger partial charge on any atom is 0.416 e. The molecule has 144 valence electrons. The summed E-state index contributed by atoms with van der Waals surface area (Å²) < 4.78 is 38.6. The number of hydrogen-bond donors (Lipinski definition) is 1. The zero-order valence-electron chi connectivity index (χ0n) is 14.9. The predicted molar refractivity (Wildman–Crippen MR) is 100 cm³/mol. The van der Waals surface area contributed by atoms with Crippen LogP contribution >= 0.6 is 11.3 Å². The quantitative estimate of drug-likeness (QED) is 0.637. The van der Waals surface area contributed by atoms with Crippen molar-refractivity contribution in [1.29, 1.82) is 0 Å². The molecule has 0 aliphatic rings. The minimum atomic E-state index is -4.53. The summed E-state index contributed by atoms with van der Waals surface area (Å²) in [7, 11) is 0. The van der Waals surface area contributed by atoms with Gasteiger partial charge in [-0.15, -0.1) is 11.3 Å². The van der Waals surface area contributed by atoms with Crippen molar-refractivity contribution < 1.29 is 22.8 Å². The topological polar surface area (TPSA) is 73.1 Å². The molecule has 0 radical (unpaired) electrons. The number of carbonyl (C=O) groups excluding carboxylic acids is 2. The van der Waals surface area contributed by atoms with Crippen LogP contribution in [0.5, 0.6) is 0 Å². The van der Waals surface area contributed by atoms with E-state index in [9.17, 15) is 22.8 Å². The molecule has 4 nitrogen and oxygen atoms in total.